The normalized spacial score (nSPS) is 16.4. The van der Waals surface area contributed by atoms with Crippen LogP contribution in [0.2, 0.25) is 0 Å². The highest BCUT2D eigenvalue weighted by atomic mass is 32.1. The van der Waals surface area contributed by atoms with Gasteiger partial charge in [0, 0.05) is 24.0 Å². The van der Waals surface area contributed by atoms with E-state index in [2.05, 4.69) is 36.7 Å². The van der Waals surface area contributed by atoms with Gasteiger partial charge in [0.1, 0.15) is 22.4 Å². The maximum atomic E-state index is 13.8. The molecule has 0 aromatic carbocycles. The molecule has 160 valence electrons. The lowest BCUT2D eigenvalue weighted by atomic mass is 10.1. The van der Waals surface area contributed by atoms with Crippen LogP contribution in [0.25, 0.3) is 22.1 Å². The number of nitrogens with one attached hydrogen (secondary N) is 2. The molecule has 8 nitrogen and oxygen atoms in total. The molecule has 31 heavy (non-hydrogen) atoms. The number of imidazole rings is 1. The first-order chi connectivity index (χ1) is 15.1. The highest BCUT2D eigenvalue weighted by molar-refractivity contribution is 7.13. The standard InChI is InChI=1S/C22H25N7OS/c1-4-28-18(21(30)29(13-5-6-13)14-7-8-14)12(3)15-16-17(24-10-23-16)19(26-20(15)28)27-22-25-11(2)9-31-22/h9-10,13-14H,4-8H2,1-3H3,(H,23,24)(H,25,26,27). The second-order valence-electron chi connectivity index (χ2n) is 8.60. The molecule has 2 aliphatic carbocycles. The number of carbonyl (C=O) groups excluding carboxylic acids is 1. The van der Waals surface area contributed by atoms with Gasteiger partial charge in [0.2, 0.25) is 0 Å². The van der Waals surface area contributed by atoms with Crippen LogP contribution in [0.5, 0.6) is 0 Å². The molecule has 0 atom stereocenters. The van der Waals surface area contributed by atoms with E-state index in [1.807, 2.05) is 19.2 Å². The van der Waals surface area contributed by atoms with Crippen molar-refractivity contribution < 1.29 is 4.79 Å². The lowest BCUT2D eigenvalue weighted by molar-refractivity contribution is 0.0718. The van der Waals surface area contributed by atoms with Crippen LogP contribution in [0.1, 0.15) is 54.4 Å². The van der Waals surface area contributed by atoms with E-state index < -0.39 is 0 Å². The molecular weight excluding hydrogens is 410 g/mol. The summed E-state index contributed by atoms with van der Waals surface area (Å²) >= 11 is 1.54. The highest BCUT2D eigenvalue weighted by Crippen LogP contribution is 2.40. The van der Waals surface area contributed by atoms with Gasteiger partial charge in [-0.15, -0.1) is 11.3 Å². The zero-order valence-electron chi connectivity index (χ0n) is 17.9. The predicted octanol–water partition coefficient (Wildman–Crippen LogP) is 4.52. The minimum absolute atomic E-state index is 0.149. The summed E-state index contributed by atoms with van der Waals surface area (Å²) in [5, 5.41) is 7.10. The Morgan fingerprint density at radius 3 is 2.61 bits per heavy atom. The number of nitrogens with zero attached hydrogens (tertiary/aromatic N) is 5. The number of hydrogen-bond donors (Lipinski definition) is 2. The predicted molar refractivity (Wildman–Crippen MR) is 122 cm³/mol. The number of aromatic amines is 1. The summed E-state index contributed by atoms with van der Waals surface area (Å²) < 4.78 is 2.07. The smallest absolute Gasteiger partial charge is 0.271 e. The molecule has 2 N–H and O–H groups in total. The van der Waals surface area contributed by atoms with E-state index in [0.29, 0.717) is 24.4 Å². The molecule has 0 aliphatic heterocycles. The number of carbonyl (C=O) groups is 1. The lowest BCUT2D eigenvalue weighted by Crippen LogP contribution is -2.36. The topological polar surface area (TPSA) is 91.7 Å². The van der Waals surface area contributed by atoms with Crippen LogP contribution >= 0.6 is 11.3 Å². The monoisotopic (exact) mass is 435 g/mol. The molecule has 0 spiro atoms. The molecule has 4 aromatic heterocycles. The van der Waals surface area contributed by atoms with E-state index in [-0.39, 0.29) is 5.91 Å². The van der Waals surface area contributed by atoms with E-state index in [0.717, 1.165) is 69.8 Å². The Morgan fingerprint density at radius 2 is 2.00 bits per heavy atom. The van der Waals surface area contributed by atoms with Gasteiger partial charge in [0.05, 0.1) is 17.4 Å². The number of aromatic nitrogens is 5. The summed E-state index contributed by atoms with van der Waals surface area (Å²) in [7, 11) is 0. The van der Waals surface area contributed by atoms with Gasteiger partial charge in [-0.05, 0) is 52.0 Å². The molecule has 4 heterocycles. The third kappa shape index (κ3) is 2.94. The fourth-order valence-electron chi connectivity index (χ4n) is 4.60. The molecule has 2 fully saturated rings. The Balaban J connectivity index is 1.54. The van der Waals surface area contributed by atoms with Gasteiger partial charge in [0.15, 0.2) is 10.9 Å². The third-order valence-corrected chi connectivity index (χ3v) is 7.16. The number of anilines is 2. The maximum Gasteiger partial charge on any atom is 0.271 e. The zero-order chi connectivity index (χ0) is 21.3. The van der Waals surface area contributed by atoms with Crippen LogP contribution in [0.15, 0.2) is 11.7 Å². The number of thiazole rings is 1. The van der Waals surface area contributed by atoms with Gasteiger partial charge in [-0.2, -0.15) is 0 Å². The fraction of sp³-hybridized carbons (Fsp3) is 0.455. The lowest BCUT2D eigenvalue weighted by Gasteiger charge is -2.23. The van der Waals surface area contributed by atoms with Crippen LogP contribution < -0.4 is 5.32 Å². The Labute approximate surface area is 183 Å². The molecule has 0 unspecified atom stereocenters. The maximum absolute atomic E-state index is 13.8. The van der Waals surface area contributed by atoms with Crippen molar-refractivity contribution in [2.45, 2.75) is 65.1 Å². The van der Waals surface area contributed by atoms with Crippen molar-refractivity contribution in [2.24, 2.45) is 0 Å². The number of fused-ring (bicyclic) bond motifs is 3. The van der Waals surface area contributed by atoms with Gasteiger partial charge in [-0.1, -0.05) is 0 Å². The van der Waals surface area contributed by atoms with Crippen molar-refractivity contribution in [3.05, 3.63) is 28.7 Å². The van der Waals surface area contributed by atoms with Crippen molar-refractivity contribution in [3.63, 3.8) is 0 Å². The first-order valence-electron chi connectivity index (χ1n) is 10.9. The minimum Gasteiger partial charge on any atom is -0.342 e. The first-order valence-corrected chi connectivity index (χ1v) is 11.8. The largest absolute Gasteiger partial charge is 0.342 e. The summed E-state index contributed by atoms with van der Waals surface area (Å²) in [5.41, 5.74) is 5.16. The number of hydrogen-bond acceptors (Lipinski definition) is 6. The number of aryl methyl sites for hydroxylation is 3. The SMILES string of the molecule is CCn1c(C(=O)N(C2CC2)C2CC2)c(C)c2c3nc[nH]c3c(Nc3nc(C)cs3)nc21. The molecule has 9 heteroatoms. The quantitative estimate of drug-likeness (QED) is 0.465. The van der Waals surface area contributed by atoms with Crippen LogP contribution in [0.3, 0.4) is 0 Å². The second kappa shape index (κ2) is 6.78. The number of rotatable bonds is 6. The Morgan fingerprint density at radius 1 is 1.26 bits per heavy atom. The van der Waals surface area contributed by atoms with Gasteiger partial charge in [0.25, 0.3) is 5.91 Å². The Hall–Kier alpha value is -2.94. The van der Waals surface area contributed by atoms with Crippen molar-refractivity contribution in [1.82, 2.24) is 29.4 Å². The molecule has 2 saturated carbocycles. The Bertz CT molecular complexity index is 1310. The molecule has 2 aliphatic rings. The van der Waals surface area contributed by atoms with Gasteiger partial charge in [-0.3, -0.25) is 4.79 Å². The summed E-state index contributed by atoms with van der Waals surface area (Å²) in [6.07, 6.45) is 6.18. The molecule has 1 amide bonds. The van der Waals surface area contributed by atoms with Crippen LogP contribution in [0.4, 0.5) is 10.9 Å². The molecule has 0 bridgehead atoms. The summed E-state index contributed by atoms with van der Waals surface area (Å²) in [6, 6.07) is 0.818. The van der Waals surface area contributed by atoms with Gasteiger partial charge in [-0.25, -0.2) is 15.0 Å². The van der Waals surface area contributed by atoms with Crippen LogP contribution in [-0.4, -0.2) is 47.4 Å². The average Bonchev–Trinajstić information content (AvgIpc) is 3.65. The van der Waals surface area contributed by atoms with Crippen molar-refractivity contribution in [3.8, 4) is 0 Å². The summed E-state index contributed by atoms with van der Waals surface area (Å²) in [6.45, 7) is 6.75. The first kappa shape index (κ1) is 18.8. The molecule has 4 aromatic rings. The average molecular weight is 436 g/mol. The van der Waals surface area contributed by atoms with E-state index in [1.54, 1.807) is 17.7 Å². The van der Waals surface area contributed by atoms with Crippen LogP contribution in [-0.2, 0) is 6.54 Å². The van der Waals surface area contributed by atoms with E-state index >= 15 is 0 Å². The molecule has 6 rings (SSSR count). The Kier molecular flexibility index (Phi) is 4.11. The van der Waals surface area contributed by atoms with Crippen LogP contribution in [0, 0.1) is 13.8 Å². The number of pyridine rings is 1. The zero-order valence-corrected chi connectivity index (χ0v) is 18.7. The minimum atomic E-state index is 0.149. The van der Waals surface area contributed by atoms with Gasteiger partial charge < -0.3 is 19.8 Å². The van der Waals surface area contributed by atoms with Crippen molar-refractivity contribution >= 4 is 50.3 Å². The summed E-state index contributed by atoms with van der Waals surface area (Å²) in [4.78, 5) is 33.2. The number of amides is 1. The van der Waals surface area contributed by atoms with E-state index in [9.17, 15) is 4.79 Å². The van der Waals surface area contributed by atoms with E-state index in [4.69, 9.17) is 4.98 Å². The van der Waals surface area contributed by atoms with E-state index in [1.165, 1.54) is 0 Å². The van der Waals surface area contributed by atoms with Crippen molar-refractivity contribution in [1.29, 1.82) is 0 Å². The molecule has 0 saturated heterocycles. The molecule has 0 radical (unpaired) electrons. The van der Waals surface area contributed by atoms with Crippen molar-refractivity contribution in [2.75, 3.05) is 5.32 Å². The highest BCUT2D eigenvalue weighted by Gasteiger charge is 2.43. The van der Waals surface area contributed by atoms with Gasteiger partial charge >= 0.3 is 0 Å². The molecular formula is C22H25N7OS. The fourth-order valence-corrected chi connectivity index (χ4v) is 5.29. The number of H-pyrrole nitrogens is 1. The third-order valence-electron chi connectivity index (χ3n) is 6.29. The summed E-state index contributed by atoms with van der Waals surface area (Å²) in [5.74, 6) is 0.831. The second-order valence-corrected chi connectivity index (χ2v) is 9.45.